The van der Waals surface area contributed by atoms with Crippen LogP contribution in [0.2, 0.25) is 0 Å². The van der Waals surface area contributed by atoms with E-state index in [1.807, 2.05) is 49.5 Å². The molecule has 2 saturated heterocycles. The molecule has 0 bridgehead atoms. The van der Waals surface area contributed by atoms with Crippen LogP contribution in [0.4, 0.5) is 16.3 Å². The van der Waals surface area contributed by atoms with Crippen LogP contribution < -0.4 is 15.5 Å². The predicted octanol–water partition coefficient (Wildman–Crippen LogP) is 3.85. The highest BCUT2D eigenvalue weighted by atomic mass is 16.5. The molecule has 2 amide bonds. The van der Waals surface area contributed by atoms with E-state index in [1.54, 1.807) is 0 Å². The van der Waals surface area contributed by atoms with Crippen LogP contribution in [0.1, 0.15) is 24.4 Å². The number of morpholine rings is 1. The minimum Gasteiger partial charge on any atom is -0.378 e. The lowest BCUT2D eigenvalue weighted by molar-refractivity contribution is 0.122. The average Bonchev–Trinajstić information content (AvgIpc) is 3.46. The van der Waals surface area contributed by atoms with Gasteiger partial charge in [0.2, 0.25) is 0 Å². The number of likely N-dealkylation sites (N-methyl/N-ethyl adjacent to an activating group) is 1. The number of anilines is 2. The summed E-state index contributed by atoms with van der Waals surface area (Å²) in [5.74, 6) is 1.55. The lowest BCUT2D eigenvalue weighted by Crippen LogP contribution is -2.37. The van der Waals surface area contributed by atoms with E-state index >= 15 is 0 Å². The molecule has 4 heterocycles. The summed E-state index contributed by atoms with van der Waals surface area (Å²) in [6.07, 6.45) is 3.97. The smallest absolute Gasteiger partial charge is 0.319 e. The molecule has 2 fully saturated rings. The molecule has 43 heavy (non-hydrogen) atoms. The Labute approximate surface area is 252 Å². The van der Waals surface area contributed by atoms with Crippen molar-refractivity contribution in [3.8, 4) is 11.4 Å². The molecule has 0 spiro atoms. The highest BCUT2D eigenvalue weighted by Gasteiger charge is 2.26. The lowest BCUT2D eigenvalue weighted by Gasteiger charge is -2.32. The van der Waals surface area contributed by atoms with Crippen LogP contribution in [0.3, 0.4) is 0 Å². The van der Waals surface area contributed by atoms with Crippen LogP contribution >= 0.6 is 0 Å². The zero-order valence-corrected chi connectivity index (χ0v) is 25.1. The van der Waals surface area contributed by atoms with Crippen molar-refractivity contribution in [3.63, 3.8) is 0 Å². The van der Waals surface area contributed by atoms with Gasteiger partial charge in [0.1, 0.15) is 5.82 Å². The van der Waals surface area contributed by atoms with Crippen molar-refractivity contribution in [2.75, 3.05) is 76.8 Å². The van der Waals surface area contributed by atoms with Crippen molar-refractivity contribution in [1.82, 2.24) is 34.9 Å². The second kappa shape index (κ2) is 13.5. The molecule has 2 N–H and O–H groups in total. The molecule has 2 aromatic heterocycles. The molecule has 0 saturated carbocycles. The number of carbonyl (C=O) groups is 1. The molecule has 2 aliphatic heterocycles. The van der Waals surface area contributed by atoms with Gasteiger partial charge in [0.25, 0.3) is 0 Å². The summed E-state index contributed by atoms with van der Waals surface area (Å²) in [5, 5.41) is 11.6. The zero-order valence-electron chi connectivity index (χ0n) is 25.1. The van der Waals surface area contributed by atoms with Crippen molar-refractivity contribution in [3.05, 3.63) is 66.4 Å². The van der Waals surface area contributed by atoms with Gasteiger partial charge < -0.3 is 25.2 Å². The molecule has 0 atom stereocenters. The Morgan fingerprint density at radius 3 is 2.44 bits per heavy atom. The van der Waals surface area contributed by atoms with E-state index in [2.05, 4.69) is 55.4 Å². The molecular formula is C32H41N9O2. The summed E-state index contributed by atoms with van der Waals surface area (Å²) in [7, 11) is 3.95. The van der Waals surface area contributed by atoms with Crippen LogP contribution in [0, 0.1) is 0 Å². The topological polar surface area (TPSA) is 104 Å². The molecule has 0 radical (unpaired) electrons. The Balaban J connectivity index is 1.22. The summed E-state index contributed by atoms with van der Waals surface area (Å²) in [5.41, 5.74) is 3.83. The second-order valence-electron chi connectivity index (χ2n) is 11.6. The van der Waals surface area contributed by atoms with Gasteiger partial charge in [-0.25, -0.2) is 19.4 Å². The predicted molar refractivity (Wildman–Crippen MR) is 169 cm³/mol. The first-order valence-electron chi connectivity index (χ1n) is 15.2. The molecule has 0 aliphatic carbocycles. The summed E-state index contributed by atoms with van der Waals surface area (Å²) < 4.78 is 7.75. The van der Waals surface area contributed by atoms with Crippen LogP contribution in [-0.2, 0) is 11.3 Å². The molecule has 2 aromatic carbocycles. The van der Waals surface area contributed by atoms with Gasteiger partial charge in [-0.05, 0) is 56.8 Å². The molecule has 226 valence electrons. The maximum Gasteiger partial charge on any atom is 0.319 e. The van der Waals surface area contributed by atoms with E-state index < -0.39 is 0 Å². The van der Waals surface area contributed by atoms with Crippen molar-refractivity contribution in [2.24, 2.45) is 0 Å². The van der Waals surface area contributed by atoms with Gasteiger partial charge in [-0.1, -0.05) is 30.3 Å². The molecule has 11 nitrogen and oxygen atoms in total. The van der Waals surface area contributed by atoms with Crippen molar-refractivity contribution in [1.29, 1.82) is 0 Å². The number of hydrogen-bond acceptors (Lipinski definition) is 8. The van der Waals surface area contributed by atoms with Crippen LogP contribution in [0.25, 0.3) is 22.4 Å². The molecule has 4 aromatic rings. The first-order chi connectivity index (χ1) is 21.0. The third-order valence-corrected chi connectivity index (χ3v) is 8.14. The van der Waals surface area contributed by atoms with Gasteiger partial charge in [0, 0.05) is 57.1 Å². The maximum absolute atomic E-state index is 12.3. The molecule has 2 aliphatic rings. The highest BCUT2D eigenvalue weighted by Crippen LogP contribution is 2.32. The second-order valence-corrected chi connectivity index (χ2v) is 11.6. The Morgan fingerprint density at radius 2 is 1.72 bits per heavy atom. The molecule has 6 rings (SSSR count). The van der Waals surface area contributed by atoms with Gasteiger partial charge in [-0.2, -0.15) is 5.10 Å². The molecule has 0 unspecified atom stereocenters. The van der Waals surface area contributed by atoms with E-state index in [1.165, 1.54) is 5.56 Å². The van der Waals surface area contributed by atoms with Crippen molar-refractivity contribution in [2.45, 2.75) is 25.4 Å². The van der Waals surface area contributed by atoms with Gasteiger partial charge in [-0.3, -0.25) is 4.90 Å². The number of aromatic nitrogens is 4. The third kappa shape index (κ3) is 7.12. The number of fused-ring (bicyclic) bond motifs is 1. The number of nitrogens with zero attached hydrogens (tertiary/aromatic N) is 7. The lowest BCUT2D eigenvalue weighted by atomic mass is 10.0. The Bertz CT molecular complexity index is 1490. The number of piperidine rings is 1. The third-order valence-electron chi connectivity index (χ3n) is 8.14. The summed E-state index contributed by atoms with van der Waals surface area (Å²) in [6.45, 7) is 7.27. The number of likely N-dealkylation sites (tertiary alicyclic amines) is 1. The summed E-state index contributed by atoms with van der Waals surface area (Å²) >= 11 is 0. The Hall–Kier alpha value is -4.06. The quantitative estimate of drug-likeness (QED) is 0.306. The van der Waals surface area contributed by atoms with Crippen molar-refractivity contribution < 1.29 is 9.53 Å². The SMILES string of the molecule is CN(C)CCNC(=O)Nc1ccc(-c2nc(N3CCOCC3)c3cnn(C4CCN(Cc5ccccc5)CC4)c3n2)cc1. The van der Waals surface area contributed by atoms with Gasteiger partial charge in [-0.15, -0.1) is 0 Å². The fourth-order valence-electron chi connectivity index (χ4n) is 5.76. The average molecular weight is 584 g/mol. The van der Waals surface area contributed by atoms with Crippen LogP contribution in [-0.4, -0.2) is 102 Å². The monoisotopic (exact) mass is 583 g/mol. The number of amides is 2. The first-order valence-corrected chi connectivity index (χ1v) is 15.2. The van der Waals surface area contributed by atoms with Gasteiger partial charge in [0.05, 0.1) is 30.8 Å². The van der Waals surface area contributed by atoms with E-state index in [9.17, 15) is 4.79 Å². The number of benzene rings is 2. The fourth-order valence-corrected chi connectivity index (χ4v) is 5.76. The van der Waals surface area contributed by atoms with Crippen LogP contribution in [0.5, 0.6) is 0 Å². The van der Waals surface area contributed by atoms with E-state index in [-0.39, 0.29) is 12.1 Å². The normalized spacial score (nSPS) is 16.6. The summed E-state index contributed by atoms with van der Waals surface area (Å²) in [4.78, 5) is 29.3. The number of urea groups is 1. The first kappa shape index (κ1) is 29.0. The van der Waals surface area contributed by atoms with Crippen LogP contribution in [0.15, 0.2) is 60.8 Å². The fraction of sp³-hybridized carbons (Fsp3) is 0.438. The zero-order chi connectivity index (χ0) is 29.6. The number of ether oxygens (including phenoxy) is 1. The van der Waals surface area contributed by atoms with E-state index in [0.29, 0.717) is 31.3 Å². The highest BCUT2D eigenvalue weighted by molar-refractivity contribution is 5.90. The number of nitrogens with one attached hydrogen (secondary N) is 2. The number of hydrogen-bond donors (Lipinski definition) is 2. The number of carbonyl (C=O) groups excluding carboxylic acids is 1. The molecular weight excluding hydrogens is 542 g/mol. The minimum atomic E-state index is -0.222. The largest absolute Gasteiger partial charge is 0.378 e. The van der Waals surface area contributed by atoms with E-state index in [4.69, 9.17) is 19.8 Å². The summed E-state index contributed by atoms with van der Waals surface area (Å²) in [6, 6.07) is 18.4. The Kier molecular flexibility index (Phi) is 9.11. The van der Waals surface area contributed by atoms with Gasteiger partial charge >= 0.3 is 6.03 Å². The van der Waals surface area contributed by atoms with E-state index in [0.717, 1.165) is 74.5 Å². The van der Waals surface area contributed by atoms with Crippen molar-refractivity contribution >= 4 is 28.6 Å². The minimum absolute atomic E-state index is 0.222. The van der Waals surface area contributed by atoms with Gasteiger partial charge in [0.15, 0.2) is 11.5 Å². The Morgan fingerprint density at radius 1 is 0.977 bits per heavy atom. The standard InChI is InChI=1S/C32H41N9O2/c1-38(2)17-14-33-32(42)35-26-10-8-25(9-11-26)29-36-30(40-18-20-43-21-19-40)28-22-34-41(31(28)37-29)27-12-15-39(16-13-27)23-24-6-4-3-5-7-24/h3-11,22,27H,12-21,23H2,1-2H3,(H2,33,35,42). The maximum atomic E-state index is 12.3. The molecule has 11 heteroatoms. The number of rotatable bonds is 9.